The Morgan fingerprint density at radius 1 is 1.00 bits per heavy atom. The fraction of sp³-hybridized carbons (Fsp3) is 0.188. The Morgan fingerprint density at radius 2 is 1.80 bits per heavy atom. The van der Waals surface area contributed by atoms with Gasteiger partial charge in [0, 0.05) is 12.8 Å². The van der Waals surface area contributed by atoms with Crippen LogP contribution >= 0.6 is 0 Å². The number of rotatable bonds is 5. The molecule has 0 fully saturated rings. The van der Waals surface area contributed by atoms with E-state index in [9.17, 15) is 0 Å². The third-order valence-corrected chi connectivity index (χ3v) is 3.12. The summed E-state index contributed by atoms with van der Waals surface area (Å²) in [4.78, 5) is 4.39. The molecule has 2 aromatic carbocycles. The predicted octanol–water partition coefficient (Wildman–Crippen LogP) is 3.05. The lowest BCUT2D eigenvalue weighted by Crippen LogP contribution is -2.04. The second-order valence-corrected chi connectivity index (χ2v) is 4.44. The molecule has 20 heavy (non-hydrogen) atoms. The predicted molar refractivity (Wildman–Crippen MR) is 78.4 cm³/mol. The van der Waals surface area contributed by atoms with Crippen molar-refractivity contribution in [2.75, 3.05) is 20.3 Å². The van der Waals surface area contributed by atoms with Gasteiger partial charge in [-0.05, 0) is 36.4 Å². The van der Waals surface area contributed by atoms with E-state index in [0.29, 0.717) is 13.2 Å². The standard InChI is InChI=1S/C16H16N2O2/c1-19-10-11-20-14-8-6-13(7-9-14)18-12-17-15-4-2-3-5-16(15)18/h2-9,12H,10-11H2,1H3. The van der Waals surface area contributed by atoms with Crippen LogP contribution in [0.1, 0.15) is 0 Å². The first-order valence-corrected chi connectivity index (χ1v) is 6.53. The SMILES string of the molecule is COCCOc1ccc(-n2cnc3ccccc32)cc1. The highest BCUT2D eigenvalue weighted by molar-refractivity contribution is 5.77. The molecule has 0 saturated carbocycles. The zero-order valence-electron chi connectivity index (χ0n) is 11.3. The van der Waals surface area contributed by atoms with Gasteiger partial charge < -0.3 is 9.47 Å². The third kappa shape index (κ3) is 2.51. The summed E-state index contributed by atoms with van der Waals surface area (Å²) in [6, 6.07) is 16.0. The van der Waals surface area contributed by atoms with Crippen molar-refractivity contribution in [3.8, 4) is 11.4 Å². The van der Waals surface area contributed by atoms with Crippen LogP contribution in [0.3, 0.4) is 0 Å². The number of nitrogens with zero attached hydrogens (tertiary/aromatic N) is 2. The van der Waals surface area contributed by atoms with E-state index in [1.54, 1.807) is 7.11 Å². The number of fused-ring (bicyclic) bond motifs is 1. The number of methoxy groups -OCH3 is 1. The number of para-hydroxylation sites is 2. The van der Waals surface area contributed by atoms with Crippen molar-refractivity contribution in [1.82, 2.24) is 9.55 Å². The van der Waals surface area contributed by atoms with E-state index in [0.717, 1.165) is 22.5 Å². The summed E-state index contributed by atoms with van der Waals surface area (Å²) < 4.78 is 12.6. The summed E-state index contributed by atoms with van der Waals surface area (Å²) in [5.74, 6) is 0.843. The Hall–Kier alpha value is -2.33. The lowest BCUT2D eigenvalue weighted by atomic mass is 10.2. The lowest BCUT2D eigenvalue weighted by molar-refractivity contribution is 0.146. The van der Waals surface area contributed by atoms with Crippen molar-refractivity contribution >= 4 is 11.0 Å². The first kappa shape index (κ1) is 12.7. The van der Waals surface area contributed by atoms with E-state index in [1.807, 2.05) is 48.8 Å². The van der Waals surface area contributed by atoms with E-state index in [1.165, 1.54) is 0 Å². The van der Waals surface area contributed by atoms with Crippen LogP contribution in [0.25, 0.3) is 16.7 Å². The molecular formula is C16H16N2O2. The highest BCUT2D eigenvalue weighted by Crippen LogP contribution is 2.20. The Kier molecular flexibility index (Phi) is 3.65. The molecule has 1 aromatic heterocycles. The van der Waals surface area contributed by atoms with Crippen LogP contribution in [-0.2, 0) is 4.74 Å². The second-order valence-electron chi connectivity index (χ2n) is 4.44. The molecule has 0 unspecified atom stereocenters. The molecule has 3 rings (SSSR count). The van der Waals surface area contributed by atoms with Gasteiger partial charge in [0.1, 0.15) is 18.7 Å². The smallest absolute Gasteiger partial charge is 0.119 e. The molecule has 4 heteroatoms. The molecule has 0 saturated heterocycles. The van der Waals surface area contributed by atoms with Crippen molar-refractivity contribution in [2.24, 2.45) is 0 Å². The molecule has 102 valence electrons. The minimum absolute atomic E-state index is 0.559. The van der Waals surface area contributed by atoms with Gasteiger partial charge in [-0.3, -0.25) is 4.57 Å². The monoisotopic (exact) mass is 268 g/mol. The highest BCUT2D eigenvalue weighted by atomic mass is 16.5. The number of aromatic nitrogens is 2. The van der Waals surface area contributed by atoms with Crippen molar-refractivity contribution < 1.29 is 9.47 Å². The van der Waals surface area contributed by atoms with E-state index in [2.05, 4.69) is 15.6 Å². The summed E-state index contributed by atoms with van der Waals surface area (Å²) in [5.41, 5.74) is 3.16. The van der Waals surface area contributed by atoms with Crippen LogP contribution in [0.15, 0.2) is 54.9 Å². The van der Waals surface area contributed by atoms with Gasteiger partial charge in [0.2, 0.25) is 0 Å². The summed E-state index contributed by atoms with van der Waals surface area (Å²) in [6.07, 6.45) is 1.84. The van der Waals surface area contributed by atoms with Gasteiger partial charge in [-0.1, -0.05) is 12.1 Å². The number of benzene rings is 2. The lowest BCUT2D eigenvalue weighted by Gasteiger charge is -2.08. The van der Waals surface area contributed by atoms with Gasteiger partial charge in [-0.15, -0.1) is 0 Å². The van der Waals surface area contributed by atoms with Crippen LogP contribution in [0.5, 0.6) is 5.75 Å². The molecule has 0 N–H and O–H groups in total. The maximum Gasteiger partial charge on any atom is 0.119 e. The van der Waals surface area contributed by atoms with E-state index in [-0.39, 0.29) is 0 Å². The van der Waals surface area contributed by atoms with Crippen LogP contribution in [0.4, 0.5) is 0 Å². The molecular weight excluding hydrogens is 252 g/mol. The molecule has 0 amide bonds. The number of ether oxygens (including phenoxy) is 2. The highest BCUT2D eigenvalue weighted by Gasteiger charge is 2.03. The fourth-order valence-corrected chi connectivity index (χ4v) is 2.11. The number of imidazole rings is 1. The minimum Gasteiger partial charge on any atom is -0.491 e. The van der Waals surface area contributed by atoms with E-state index in [4.69, 9.17) is 9.47 Å². The fourth-order valence-electron chi connectivity index (χ4n) is 2.11. The molecule has 0 aliphatic carbocycles. The third-order valence-electron chi connectivity index (χ3n) is 3.12. The average Bonchev–Trinajstić information content (AvgIpc) is 2.92. The van der Waals surface area contributed by atoms with Gasteiger partial charge in [0.05, 0.1) is 17.6 Å². The molecule has 0 aliphatic heterocycles. The summed E-state index contributed by atoms with van der Waals surface area (Å²) in [6.45, 7) is 1.15. The molecule has 0 spiro atoms. The largest absolute Gasteiger partial charge is 0.491 e. The first-order valence-electron chi connectivity index (χ1n) is 6.53. The van der Waals surface area contributed by atoms with E-state index < -0.39 is 0 Å². The quantitative estimate of drug-likeness (QED) is 0.667. The summed E-state index contributed by atoms with van der Waals surface area (Å²) in [7, 11) is 1.66. The number of hydrogen-bond donors (Lipinski definition) is 0. The number of hydrogen-bond acceptors (Lipinski definition) is 3. The zero-order chi connectivity index (χ0) is 13.8. The first-order chi connectivity index (χ1) is 9.88. The normalized spacial score (nSPS) is 10.8. The van der Waals surface area contributed by atoms with Crippen LogP contribution < -0.4 is 4.74 Å². The van der Waals surface area contributed by atoms with Crippen molar-refractivity contribution in [1.29, 1.82) is 0 Å². The molecule has 0 radical (unpaired) electrons. The van der Waals surface area contributed by atoms with E-state index >= 15 is 0 Å². The Morgan fingerprint density at radius 3 is 2.60 bits per heavy atom. The van der Waals surface area contributed by atoms with Gasteiger partial charge in [0.15, 0.2) is 0 Å². The Balaban J connectivity index is 1.84. The van der Waals surface area contributed by atoms with Crippen molar-refractivity contribution in [3.63, 3.8) is 0 Å². The van der Waals surface area contributed by atoms with Crippen LogP contribution in [0, 0.1) is 0 Å². The summed E-state index contributed by atoms with van der Waals surface area (Å²) in [5, 5.41) is 0. The zero-order valence-corrected chi connectivity index (χ0v) is 11.3. The van der Waals surface area contributed by atoms with Gasteiger partial charge in [-0.25, -0.2) is 4.98 Å². The van der Waals surface area contributed by atoms with Gasteiger partial charge >= 0.3 is 0 Å². The van der Waals surface area contributed by atoms with Crippen molar-refractivity contribution in [3.05, 3.63) is 54.9 Å². The average molecular weight is 268 g/mol. The maximum atomic E-state index is 5.56. The molecule has 0 aliphatic rings. The topological polar surface area (TPSA) is 36.3 Å². The van der Waals surface area contributed by atoms with Crippen LogP contribution in [0.2, 0.25) is 0 Å². The maximum absolute atomic E-state index is 5.56. The molecule has 0 bridgehead atoms. The summed E-state index contributed by atoms with van der Waals surface area (Å²) >= 11 is 0. The Labute approximate surface area is 117 Å². The molecule has 4 nitrogen and oxygen atoms in total. The van der Waals surface area contributed by atoms with Gasteiger partial charge in [0.25, 0.3) is 0 Å². The van der Waals surface area contributed by atoms with Crippen molar-refractivity contribution in [2.45, 2.75) is 0 Å². The van der Waals surface area contributed by atoms with Gasteiger partial charge in [-0.2, -0.15) is 0 Å². The minimum atomic E-state index is 0.559. The molecule has 3 aromatic rings. The van der Waals surface area contributed by atoms with Crippen LogP contribution in [-0.4, -0.2) is 29.9 Å². The molecule has 0 atom stereocenters. The Bertz CT molecular complexity index is 689. The molecule has 1 heterocycles. The second kappa shape index (κ2) is 5.75.